The molecule has 0 aromatic rings. The Balaban J connectivity index is 1.57. The van der Waals surface area contributed by atoms with Crippen molar-refractivity contribution >= 4 is 17.6 Å². The molecule has 1 N–H and O–H groups in total. The SMILES string of the molecule is O=C(O)C1COCC(Cl)(C2=CC=CC(COCC3CC3)C2)O1. The summed E-state index contributed by atoms with van der Waals surface area (Å²) in [5, 5.41) is 7.88. The number of ether oxygens (including phenoxy) is 3. The summed E-state index contributed by atoms with van der Waals surface area (Å²) in [6.45, 7) is 1.67. The van der Waals surface area contributed by atoms with E-state index in [1.54, 1.807) is 0 Å². The van der Waals surface area contributed by atoms with Crippen LogP contribution >= 0.6 is 11.6 Å². The highest BCUT2D eigenvalue weighted by molar-refractivity contribution is 6.25. The number of carboxylic acids is 1. The van der Waals surface area contributed by atoms with Crippen LogP contribution in [0.3, 0.4) is 0 Å². The third-order valence-corrected chi connectivity index (χ3v) is 4.63. The number of carboxylic acid groups (broad SMARTS) is 1. The van der Waals surface area contributed by atoms with Gasteiger partial charge in [-0.3, -0.25) is 0 Å². The second-order valence-corrected chi connectivity index (χ2v) is 6.82. The second kappa shape index (κ2) is 6.71. The molecule has 0 spiro atoms. The van der Waals surface area contributed by atoms with Crippen molar-refractivity contribution in [1.82, 2.24) is 0 Å². The fourth-order valence-corrected chi connectivity index (χ4v) is 3.02. The lowest BCUT2D eigenvalue weighted by Gasteiger charge is -2.38. The van der Waals surface area contributed by atoms with E-state index < -0.39 is 17.1 Å². The van der Waals surface area contributed by atoms with Crippen molar-refractivity contribution < 1.29 is 24.1 Å². The van der Waals surface area contributed by atoms with Crippen LogP contribution in [-0.2, 0) is 19.0 Å². The molecule has 3 rings (SSSR count). The minimum atomic E-state index is -1.19. The van der Waals surface area contributed by atoms with E-state index in [2.05, 4.69) is 6.08 Å². The molecule has 2 fully saturated rings. The normalized spacial score (nSPS) is 35.2. The van der Waals surface area contributed by atoms with Crippen LogP contribution in [0.2, 0.25) is 0 Å². The van der Waals surface area contributed by atoms with Gasteiger partial charge in [0.1, 0.15) is 0 Å². The maximum absolute atomic E-state index is 11.1. The fraction of sp³-hybridized carbons (Fsp3) is 0.688. The number of rotatable bonds is 6. The number of carbonyl (C=O) groups is 1. The fourth-order valence-electron chi connectivity index (χ4n) is 2.69. The quantitative estimate of drug-likeness (QED) is 0.758. The molecule has 0 aromatic carbocycles. The summed E-state index contributed by atoms with van der Waals surface area (Å²) in [6, 6.07) is 0. The monoisotopic (exact) mass is 328 g/mol. The van der Waals surface area contributed by atoms with Gasteiger partial charge in [0.15, 0.2) is 11.2 Å². The molecule has 1 saturated heterocycles. The van der Waals surface area contributed by atoms with Crippen LogP contribution in [-0.4, -0.2) is 48.7 Å². The highest BCUT2D eigenvalue weighted by Crippen LogP contribution is 2.38. The lowest BCUT2D eigenvalue weighted by molar-refractivity contribution is -0.181. The minimum absolute atomic E-state index is 0.0286. The predicted molar refractivity (Wildman–Crippen MR) is 80.8 cm³/mol. The van der Waals surface area contributed by atoms with Crippen LogP contribution in [0.5, 0.6) is 0 Å². The molecule has 6 heteroatoms. The Morgan fingerprint density at radius 1 is 1.45 bits per heavy atom. The summed E-state index contributed by atoms with van der Waals surface area (Å²) < 4.78 is 16.6. The summed E-state index contributed by atoms with van der Waals surface area (Å²) in [7, 11) is 0. The molecule has 1 heterocycles. The highest BCUT2D eigenvalue weighted by Gasteiger charge is 2.43. The molecular formula is C16H21ClO5. The molecular weight excluding hydrogens is 308 g/mol. The summed E-state index contributed by atoms with van der Waals surface area (Å²) in [4.78, 5) is 11.1. The van der Waals surface area contributed by atoms with Crippen molar-refractivity contribution in [2.75, 3.05) is 26.4 Å². The first kappa shape index (κ1) is 16.0. The Kier molecular flexibility index (Phi) is 4.88. The van der Waals surface area contributed by atoms with Crippen LogP contribution < -0.4 is 0 Å². The van der Waals surface area contributed by atoms with Crippen molar-refractivity contribution in [2.24, 2.45) is 11.8 Å². The maximum Gasteiger partial charge on any atom is 0.335 e. The van der Waals surface area contributed by atoms with Gasteiger partial charge < -0.3 is 19.3 Å². The second-order valence-electron chi connectivity index (χ2n) is 6.21. The molecule has 2 aliphatic carbocycles. The van der Waals surface area contributed by atoms with E-state index in [1.165, 1.54) is 12.8 Å². The first-order valence-electron chi connectivity index (χ1n) is 7.70. The number of hydrogen-bond acceptors (Lipinski definition) is 4. The summed E-state index contributed by atoms with van der Waals surface area (Å²) in [5.74, 6) is -0.0717. The third kappa shape index (κ3) is 3.90. The number of halogens is 1. The van der Waals surface area contributed by atoms with Crippen LogP contribution in [0.25, 0.3) is 0 Å². The molecule has 3 unspecified atom stereocenters. The average Bonchev–Trinajstić information content (AvgIpc) is 3.32. The van der Waals surface area contributed by atoms with Gasteiger partial charge in [-0.15, -0.1) is 0 Å². The van der Waals surface area contributed by atoms with Gasteiger partial charge in [0.2, 0.25) is 0 Å². The van der Waals surface area contributed by atoms with Gasteiger partial charge >= 0.3 is 5.97 Å². The van der Waals surface area contributed by atoms with E-state index in [0.29, 0.717) is 13.0 Å². The molecule has 22 heavy (non-hydrogen) atoms. The molecule has 3 atom stereocenters. The first-order chi connectivity index (χ1) is 10.6. The molecule has 1 aliphatic heterocycles. The Labute approximate surface area is 134 Å². The summed E-state index contributed by atoms with van der Waals surface area (Å²) in [5.41, 5.74) is 0.850. The Hall–Kier alpha value is -0.880. The number of allylic oxidation sites excluding steroid dienone is 2. The van der Waals surface area contributed by atoms with Gasteiger partial charge in [-0.1, -0.05) is 29.8 Å². The van der Waals surface area contributed by atoms with E-state index in [1.807, 2.05) is 12.2 Å². The summed E-state index contributed by atoms with van der Waals surface area (Å²) in [6.07, 6.45) is 8.13. The largest absolute Gasteiger partial charge is 0.479 e. The Morgan fingerprint density at radius 3 is 3.00 bits per heavy atom. The zero-order valence-electron chi connectivity index (χ0n) is 12.4. The number of alkyl halides is 1. The Bertz CT molecular complexity index is 485. The highest BCUT2D eigenvalue weighted by atomic mass is 35.5. The molecule has 0 aromatic heterocycles. The van der Waals surface area contributed by atoms with Crippen molar-refractivity contribution in [1.29, 1.82) is 0 Å². The number of aliphatic carboxylic acids is 1. The molecule has 122 valence electrons. The van der Waals surface area contributed by atoms with Gasteiger partial charge in [0.25, 0.3) is 0 Å². The summed E-state index contributed by atoms with van der Waals surface area (Å²) >= 11 is 6.50. The van der Waals surface area contributed by atoms with E-state index in [-0.39, 0.29) is 19.1 Å². The van der Waals surface area contributed by atoms with Crippen LogP contribution in [0, 0.1) is 11.8 Å². The van der Waals surface area contributed by atoms with Gasteiger partial charge in [-0.2, -0.15) is 0 Å². The van der Waals surface area contributed by atoms with E-state index in [9.17, 15) is 4.79 Å². The molecule has 1 saturated carbocycles. The van der Waals surface area contributed by atoms with Gasteiger partial charge in [-0.05, 0) is 30.8 Å². The van der Waals surface area contributed by atoms with Crippen LogP contribution in [0.4, 0.5) is 0 Å². The van der Waals surface area contributed by atoms with Gasteiger partial charge in [0, 0.05) is 12.5 Å². The zero-order chi connectivity index (χ0) is 15.6. The molecule has 0 radical (unpaired) electrons. The lowest BCUT2D eigenvalue weighted by atomic mass is 9.91. The zero-order valence-corrected chi connectivity index (χ0v) is 13.1. The van der Waals surface area contributed by atoms with Gasteiger partial charge in [0.05, 0.1) is 19.8 Å². The smallest absolute Gasteiger partial charge is 0.335 e. The van der Waals surface area contributed by atoms with Crippen LogP contribution in [0.1, 0.15) is 19.3 Å². The standard InChI is InChI=1S/C16H21ClO5/c17-16(10-21-9-14(22-16)15(18)19)13-3-1-2-12(6-13)8-20-7-11-4-5-11/h1-3,11-12,14H,4-10H2,(H,18,19). The molecule has 0 bridgehead atoms. The van der Waals surface area contributed by atoms with Crippen molar-refractivity contribution in [3.8, 4) is 0 Å². The molecule has 0 amide bonds. The maximum atomic E-state index is 11.1. The van der Waals surface area contributed by atoms with Crippen molar-refractivity contribution in [2.45, 2.75) is 30.4 Å². The van der Waals surface area contributed by atoms with Crippen LogP contribution in [0.15, 0.2) is 23.8 Å². The first-order valence-corrected chi connectivity index (χ1v) is 8.07. The molecule has 3 aliphatic rings. The van der Waals surface area contributed by atoms with E-state index >= 15 is 0 Å². The topological polar surface area (TPSA) is 65.0 Å². The Morgan fingerprint density at radius 2 is 2.27 bits per heavy atom. The van der Waals surface area contributed by atoms with Crippen molar-refractivity contribution in [3.63, 3.8) is 0 Å². The van der Waals surface area contributed by atoms with E-state index in [0.717, 1.165) is 18.1 Å². The van der Waals surface area contributed by atoms with Crippen molar-refractivity contribution in [3.05, 3.63) is 23.8 Å². The van der Waals surface area contributed by atoms with Gasteiger partial charge in [-0.25, -0.2) is 4.79 Å². The minimum Gasteiger partial charge on any atom is -0.479 e. The average molecular weight is 329 g/mol. The predicted octanol–water partition coefficient (Wildman–Crippen LogP) is 2.35. The number of hydrogen-bond donors (Lipinski definition) is 1. The third-order valence-electron chi connectivity index (χ3n) is 4.19. The van der Waals surface area contributed by atoms with E-state index in [4.69, 9.17) is 30.9 Å². The molecule has 5 nitrogen and oxygen atoms in total. The lowest BCUT2D eigenvalue weighted by Crippen LogP contribution is -2.48.